The number of hydrogen-bond acceptors (Lipinski definition) is 4. The molecule has 2 aromatic rings. The number of benzene rings is 1. The predicted molar refractivity (Wildman–Crippen MR) is 81.4 cm³/mol. The number of carboxylic acids is 1. The molecule has 1 aliphatic heterocycles. The first-order valence-electron chi connectivity index (χ1n) is 7.65. The number of aliphatic carboxylic acids is 1. The van der Waals surface area contributed by atoms with Gasteiger partial charge in [0.1, 0.15) is 5.82 Å². The third kappa shape index (κ3) is 2.49. The Morgan fingerprint density at radius 2 is 2.00 bits per heavy atom. The zero-order chi connectivity index (χ0) is 15.7. The summed E-state index contributed by atoms with van der Waals surface area (Å²) in [4.78, 5) is 15.7. The normalized spacial score (nSPS) is 13.2. The van der Waals surface area contributed by atoms with E-state index in [0.717, 1.165) is 29.7 Å². The molecular weight excluding hydrogens is 284 g/mol. The third-order valence-electron chi connectivity index (χ3n) is 4.17. The molecule has 1 aliphatic rings. The molecular formula is C16H20N2O4. The Labute approximate surface area is 128 Å². The second-order valence-electron chi connectivity index (χ2n) is 5.47. The summed E-state index contributed by atoms with van der Waals surface area (Å²) in [5, 5.41) is 9.00. The lowest BCUT2D eigenvalue weighted by molar-refractivity contribution is -0.137. The van der Waals surface area contributed by atoms with E-state index in [2.05, 4.69) is 13.8 Å². The van der Waals surface area contributed by atoms with Gasteiger partial charge in [0.15, 0.2) is 11.5 Å². The lowest BCUT2D eigenvalue weighted by Crippen LogP contribution is -2.11. The lowest BCUT2D eigenvalue weighted by atomic mass is 10.0. The van der Waals surface area contributed by atoms with Gasteiger partial charge in [-0.25, -0.2) is 4.98 Å². The third-order valence-corrected chi connectivity index (χ3v) is 4.17. The highest BCUT2D eigenvalue weighted by molar-refractivity contribution is 5.81. The highest BCUT2D eigenvalue weighted by atomic mass is 16.7. The van der Waals surface area contributed by atoms with Crippen LogP contribution in [0.15, 0.2) is 12.1 Å². The highest BCUT2D eigenvalue weighted by Crippen LogP contribution is 2.37. The van der Waals surface area contributed by atoms with Crippen LogP contribution in [0.2, 0.25) is 0 Å². The zero-order valence-electron chi connectivity index (χ0n) is 12.8. The number of nitrogens with zero attached hydrogens (tertiary/aromatic N) is 2. The van der Waals surface area contributed by atoms with E-state index in [4.69, 9.17) is 19.6 Å². The smallest absolute Gasteiger partial charge is 0.305 e. The number of rotatable bonds is 6. The van der Waals surface area contributed by atoms with E-state index in [1.165, 1.54) is 0 Å². The number of hydrogen-bond donors (Lipinski definition) is 1. The van der Waals surface area contributed by atoms with Crippen molar-refractivity contribution in [3.8, 4) is 11.5 Å². The molecule has 0 amide bonds. The van der Waals surface area contributed by atoms with E-state index in [1.54, 1.807) is 0 Å². The molecule has 1 N–H and O–H groups in total. The fraction of sp³-hybridized carbons (Fsp3) is 0.500. The van der Waals surface area contributed by atoms with Crippen LogP contribution in [0.25, 0.3) is 11.0 Å². The number of ether oxygens (including phenoxy) is 2. The van der Waals surface area contributed by atoms with Gasteiger partial charge in [-0.05, 0) is 12.8 Å². The summed E-state index contributed by atoms with van der Waals surface area (Å²) in [5.41, 5.74) is 1.74. The first-order chi connectivity index (χ1) is 10.6. The van der Waals surface area contributed by atoms with E-state index in [9.17, 15) is 4.79 Å². The van der Waals surface area contributed by atoms with Gasteiger partial charge in [-0.3, -0.25) is 4.79 Å². The number of aryl methyl sites for hydroxylation is 1. The monoisotopic (exact) mass is 304 g/mol. The van der Waals surface area contributed by atoms with Crippen LogP contribution in [0.4, 0.5) is 0 Å². The second-order valence-corrected chi connectivity index (χ2v) is 5.47. The maximum absolute atomic E-state index is 11.0. The summed E-state index contributed by atoms with van der Waals surface area (Å²) in [6.45, 7) is 4.89. The van der Waals surface area contributed by atoms with Gasteiger partial charge in [0.2, 0.25) is 6.79 Å². The molecule has 0 saturated carbocycles. The molecule has 6 heteroatoms. The predicted octanol–water partition coefficient (Wildman–Crippen LogP) is 3.14. The van der Waals surface area contributed by atoms with E-state index < -0.39 is 5.97 Å². The van der Waals surface area contributed by atoms with Crippen LogP contribution in [-0.4, -0.2) is 27.4 Å². The summed E-state index contributed by atoms with van der Waals surface area (Å²) < 4.78 is 12.8. The largest absolute Gasteiger partial charge is 0.481 e. The number of imidazole rings is 1. The molecule has 3 rings (SSSR count). The van der Waals surface area contributed by atoms with E-state index in [1.807, 2.05) is 16.7 Å². The van der Waals surface area contributed by atoms with Crippen LogP contribution in [-0.2, 0) is 11.3 Å². The van der Waals surface area contributed by atoms with Gasteiger partial charge >= 0.3 is 5.97 Å². The van der Waals surface area contributed by atoms with Gasteiger partial charge in [0, 0.05) is 24.6 Å². The second kappa shape index (κ2) is 5.87. The Hall–Kier alpha value is -2.24. The van der Waals surface area contributed by atoms with E-state index in [0.29, 0.717) is 24.0 Å². The van der Waals surface area contributed by atoms with Crippen molar-refractivity contribution in [2.45, 2.75) is 45.6 Å². The maximum Gasteiger partial charge on any atom is 0.305 e. The Balaban J connectivity index is 2.11. The summed E-state index contributed by atoms with van der Waals surface area (Å²) in [5.74, 6) is 1.85. The van der Waals surface area contributed by atoms with Gasteiger partial charge in [0.05, 0.1) is 17.5 Å². The topological polar surface area (TPSA) is 73.6 Å². The summed E-state index contributed by atoms with van der Waals surface area (Å²) >= 11 is 0. The average molecular weight is 304 g/mol. The summed E-state index contributed by atoms with van der Waals surface area (Å²) in [6, 6.07) is 3.78. The SMILES string of the molecule is CCC(CC)c1nc2cc3c(cc2n1CCC(=O)O)OCO3. The molecule has 0 fully saturated rings. The lowest BCUT2D eigenvalue weighted by Gasteiger charge is -2.15. The standard InChI is InChI=1S/C16H20N2O4/c1-3-10(4-2)16-17-11-7-13-14(22-9-21-13)8-12(11)18(16)6-5-15(19)20/h7-8,10H,3-6,9H2,1-2H3,(H,19,20). The van der Waals surface area contributed by atoms with Crippen molar-refractivity contribution in [1.29, 1.82) is 0 Å². The van der Waals surface area contributed by atoms with E-state index in [-0.39, 0.29) is 13.2 Å². The van der Waals surface area contributed by atoms with Crippen LogP contribution in [0.1, 0.15) is 44.9 Å². The molecule has 1 aromatic carbocycles. The average Bonchev–Trinajstić information content (AvgIpc) is 3.07. The number of fused-ring (bicyclic) bond motifs is 2. The van der Waals surface area contributed by atoms with E-state index >= 15 is 0 Å². The molecule has 0 bridgehead atoms. The minimum absolute atomic E-state index is 0.0764. The molecule has 0 atom stereocenters. The molecule has 1 aromatic heterocycles. The van der Waals surface area contributed by atoms with Crippen molar-refractivity contribution in [1.82, 2.24) is 9.55 Å². The fourth-order valence-corrected chi connectivity index (χ4v) is 2.94. The molecule has 6 nitrogen and oxygen atoms in total. The first-order valence-corrected chi connectivity index (χ1v) is 7.65. The summed E-state index contributed by atoms with van der Waals surface area (Å²) in [7, 11) is 0. The Kier molecular flexibility index (Phi) is 3.92. The molecule has 0 unspecified atom stereocenters. The Bertz CT molecular complexity index is 704. The number of aromatic nitrogens is 2. The minimum Gasteiger partial charge on any atom is -0.481 e. The zero-order valence-corrected chi connectivity index (χ0v) is 12.8. The summed E-state index contributed by atoms with van der Waals surface area (Å²) in [6.07, 6.45) is 2.02. The van der Waals surface area contributed by atoms with Crippen LogP contribution in [0, 0.1) is 0 Å². The Morgan fingerprint density at radius 1 is 1.32 bits per heavy atom. The van der Waals surface area contributed by atoms with Crippen molar-refractivity contribution < 1.29 is 19.4 Å². The van der Waals surface area contributed by atoms with Gasteiger partial charge in [-0.1, -0.05) is 13.8 Å². The molecule has 118 valence electrons. The molecule has 0 radical (unpaired) electrons. The highest BCUT2D eigenvalue weighted by Gasteiger charge is 2.22. The van der Waals surface area contributed by atoms with Gasteiger partial charge in [0.25, 0.3) is 0 Å². The molecule has 0 saturated heterocycles. The molecule has 0 aliphatic carbocycles. The number of carboxylic acid groups (broad SMARTS) is 1. The molecule has 22 heavy (non-hydrogen) atoms. The van der Waals surface area contributed by atoms with Crippen molar-refractivity contribution in [2.75, 3.05) is 6.79 Å². The number of carbonyl (C=O) groups is 1. The maximum atomic E-state index is 11.0. The quantitative estimate of drug-likeness (QED) is 0.887. The molecule has 2 heterocycles. The van der Waals surface area contributed by atoms with Crippen molar-refractivity contribution in [3.63, 3.8) is 0 Å². The minimum atomic E-state index is -0.807. The van der Waals surface area contributed by atoms with Gasteiger partial charge in [-0.2, -0.15) is 0 Å². The van der Waals surface area contributed by atoms with Crippen LogP contribution < -0.4 is 9.47 Å². The fourth-order valence-electron chi connectivity index (χ4n) is 2.94. The van der Waals surface area contributed by atoms with Gasteiger partial charge < -0.3 is 19.1 Å². The van der Waals surface area contributed by atoms with Crippen LogP contribution in [0.5, 0.6) is 11.5 Å². The van der Waals surface area contributed by atoms with Crippen LogP contribution >= 0.6 is 0 Å². The molecule has 0 spiro atoms. The van der Waals surface area contributed by atoms with Crippen LogP contribution in [0.3, 0.4) is 0 Å². The Morgan fingerprint density at radius 3 is 2.64 bits per heavy atom. The van der Waals surface area contributed by atoms with Crippen molar-refractivity contribution in [3.05, 3.63) is 18.0 Å². The van der Waals surface area contributed by atoms with Crippen molar-refractivity contribution >= 4 is 17.0 Å². The first kappa shape index (κ1) is 14.7. The van der Waals surface area contributed by atoms with Gasteiger partial charge in [-0.15, -0.1) is 0 Å². The van der Waals surface area contributed by atoms with Crippen molar-refractivity contribution in [2.24, 2.45) is 0 Å².